The van der Waals surface area contributed by atoms with E-state index in [0.29, 0.717) is 12.3 Å². The molecule has 4 heteroatoms. The summed E-state index contributed by atoms with van der Waals surface area (Å²) in [6.45, 7) is 2.32. The smallest absolute Gasteiger partial charge is 0.142 e. The summed E-state index contributed by atoms with van der Waals surface area (Å²) in [6, 6.07) is 1.43. The zero-order valence-electron chi connectivity index (χ0n) is 11.6. The Hall–Kier alpha value is -0.800. The van der Waals surface area contributed by atoms with Gasteiger partial charge < -0.3 is 10.5 Å². The second-order valence-electron chi connectivity index (χ2n) is 5.44. The molecule has 0 bridgehead atoms. The first-order valence-electron chi connectivity index (χ1n) is 6.79. The Morgan fingerprint density at radius 2 is 2.00 bits per heavy atom. The van der Waals surface area contributed by atoms with Gasteiger partial charge >= 0.3 is 0 Å². The summed E-state index contributed by atoms with van der Waals surface area (Å²) >= 11 is 6.24. The van der Waals surface area contributed by atoms with E-state index in [1.165, 1.54) is 12.5 Å². The second kappa shape index (κ2) is 5.68. The van der Waals surface area contributed by atoms with Gasteiger partial charge in [0.1, 0.15) is 11.6 Å². The van der Waals surface area contributed by atoms with Crippen molar-refractivity contribution in [3.63, 3.8) is 0 Å². The third-order valence-corrected chi connectivity index (χ3v) is 4.66. The third-order valence-electron chi connectivity index (χ3n) is 4.29. The lowest BCUT2D eigenvalue weighted by Gasteiger charge is -2.38. The summed E-state index contributed by atoms with van der Waals surface area (Å²) in [4.78, 5) is 0. The predicted molar refractivity (Wildman–Crippen MR) is 76.5 cm³/mol. The van der Waals surface area contributed by atoms with E-state index in [2.05, 4.69) is 0 Å². The molecule has 1 fully saturated rings. The lowest BCUT2D eigenvalue weighted by molar-refractivity contribution is 0.286. The first kappa shape index (κ1) is 14.6. The van der Waals surface area contributed by atoms with Crippen LogP contribution in [0.1, 0.15) is 43.2 Å². The lowest BCUT2D eigenvalue weighted by atomic mass is 9.68. The maximum absolute atomic E-state index is 14.0. The van der Waals surface area contributed by atoms with Crippen molar-refractivity contribution in [1.82, 2.24) is 0 Å². The number of ether oxygens (including phenoxy) is 1. The van der Waals surface area contributed by atoms with Gasteiger partial charge in [-0.25, -0.2) is 4.39 Å². The predicted octanol–water partition coefficient (Wildman–Crippen LogP) is 3.96. The van der Waals surface area contributed by atoms with Gasteiger partial charge in [0.05, 0.1) is 12.1 Å². The molecule has 1 saturated carbocycles. The summed E-state index contributed by atoms with van der Waals surface area (Å²) in [5.41, 5.74) is 7.33. The Bertz CT molecular complexity index is 470. The lowest BCUT2D eigenvalue weighted by Crippen LogP contribution is -2.38. The van der Waals surface area contributed by atoms with Crippen LogP contribution in [-0.2, 0) is 5.41 Å². The SMILES string of the molecule is COc1c(C)cc(F)c(Cl)c1C1(CN)CCCCC1. The molecular formula is C15H21ClFNO. The Kier molecular flexibility index (Phi) is 4.36. The fourth-order valence-corrected chi connectivity index (χ4v) is 3.60. The molecule has 0 saturated heterocycles. The van der Waals surface area contributed by atoms with E-state index in [0.717, 1.165) is 36.8 Å². The Balaban J connectivity index is 2.64. The van der Waals surface area contributed by atoms with Crippen molar-refractivity contribution in [2.24, 2.45) is 5.73 Å². The van der Waals surface area contributed by atoms with E-state index in [9.17, 15) is 4.39 Å². The van der Waals surface area contributed by atoms with Crippen molar-refractivity contribution in [2.45, 2.75) is 44.4 Å². The van der Waals surface area contributed by atoms with Gasteiger partial charge in [0.2, 0.25) is 0 Å². The molecule has 0 spiro atoms. The first-order chi connectivity index (χ1) is 9.05. The van der Waals surface area contributed by atoms with Crippen LogP contribution in [0.25, 0.3) is 0 Å². The van der Waals surface area contributed by atoms with Gasteiger partial charge in [-0.15, -0.1) is 0 Å². The third kappa shape index (κ3) is 2.46. The Morgan fingerprint density at radius 3 is 2.53 bits per heavy atom. The summed E-state index contributed by atoms with van der Waals surface area (Å²) in [5.74, 6) is 0.312. The maximum atomic E-state index is 14.0. The van der Waals surface area contributed by atoms with Gasteiger partial charge in [0, 0.05) is 17.5 Å². The highest BCUT2D eigenvalue weighted by Crippen LogP contribution is 2.47. The maximum Gasteiger partial charge on any atom is 0.142 e. The molecule has 19 heavy (non-hydrogen) atoms. The fraction of sp³-hybridized carbons (Fsp3) is 0.600. The quantitative estimate of drug-likeness (QED) is 0.912. The van der Waals surface area contributed by atoms with Gasteiger partial charge in [0.15, 0.2) is 0 Å². The van der Waals surface area contributed by atoms with Crippen LogP contribution in [0, 0.1) is 12.7 Å². The van der Waals surface area contributed by atoms with Crippen LogP contribution in [0.4, 0.5) is 4.39 Å². The molecule has 2 nitrogen and oxygen atoms in total. The van der Waals surface area contributed by atoms with E-state index in [1.807, 2.05) is 6.92 Å². The highest BCUT2D eigenvalue weighted by atomic mass is 35.5. The Morgan fingerprint density at radius 1 is 1.37 bits per heavy atom. The number of nitrogens with two attached hydrogens (primary N) is 1. The molecule has 0 unspecified atom stereocenters. The second-order valence-corrected chi connectivity index (χ2v) is 5.82. The van der Waals surface area contributed by atoms with Crippen LogP contribution < -0.4 is 10.5 Å². The zero-order chi connectivity index (χ0) is 14.0. The van der Waals surface area contributed by atoms with Gasteiger partial charge in [-0.2, -0.15) is 0 Å². The van der Waals surface area contributed by atoms with E-state index >= 15 is 0 Å². The highest BCUT2D eigenvalue weighted by Gasteiger charge is 2.38. The minimum Gasteiger partial charge on any atom is -0.496 e. The molecule has 106 valence electrons. The van der Waals surface area contributed by atoms with Crippen LogP contribution >= 0.6 is 11.6 Å². The molecule has 0 aliphatic heterocycles. The van der Waals surface area contributed by atoms with Crippen molar-refractivity contribution in [1.29, 1.82) is 0 Å². The van der Waals surface area contributed by atoms with E-state index in [-0.39, 0.29) is 16.3 Å². The van der Waals surface area contributed by atoms with Gasteiger partial charge in [0.25, 0.3) is 0 Å². The largest absolute Gasteiger partial charge is 0.496 e. The van der Waals surface area contributed by atoms with Crippen molar-refractivity contribution in [2.75, 3.05) is 13.7 Å². The van der Waals surface area contributed by atoms with Gasteiger partial charge in [-0.3, -0.25) is 0 Å². The number of benzene rings is 1. The van der Waals surface area contributed by atoms with E-state index in [1.54, 1.807) is 7.11 Å². The van der Waals surface area contributed by atoms with Crippen LogP contribution in [0.2, 0.25) is 5.02 Å². The fourth-order valence-electron chi connectivity index (χ4n) is 3.26. The van der Waals surface area contributed by atoms with Crippen LogP contribution in [0.15, 0.2) is 6.07 Å². The molecule has 1 aromatic carbocycles. The molecule has 1 aromatic rings. The molecule has 2 N–H and O–H groups in total. The zero-order valence-corrected chi connectivity index (χ0v) is 12.3. The monoisotopic (exact) mass is 285 g/mol. The molecule has 1 aliphatic rings. The van der Waals surface area contributed by atoms with Crippen molar-refractivity contribution < 1.29 is 9.13 Å². The normalized spacial score (nSPS) is 18.4. The van der Waals surface area contributed by atoms with Gasteiger partial charge in [-0.05, 0) is 31.4 Å². The van der Waals surface area contributed by atoms with Gasteiger partial charge in [-0.1, -0.05) is 30.9 Å². The molecule has 0 radical (unpaired) electrons. The minimum atomic E-state index is -0.381. The molecule has 0 atom stereocenters. The van der Waals surface area contributed by atoms with Crippen LogP contribution in [0.3, 0.4) is 0 Å². The summed E-state index contributed by atoms with van der Waals surface area (Å²) in [5, 5.41) is 0.176. The summed E-state index contributed by atoms with van der Waals surface area (Å²) in [7, 11) is 1.60. The average Bonchev–Trinajstić information content (AvgIpc) is 2.43. The topological polar surface area (TPSA) is 35.2 Å². The minimum absolute atomic E-state index is 0.176. The highest BCUT2D eigenvalue weighted by molar-refractivity contribution is 6.32. The number of aryl methyl sites for hydroxylation is 1. The summed E-state index contributed by atoms with van der Waals surface area (Å²) < 4.78 is 19.5. The molecular weight excluding hydrogens is 265 g/mol. The molecule has 2 rings (SSSR count). The molecule has 0 aromatic heterocycles. The Labute approximate surface area is 119 Å². The van der Waals surface area contributed by atoms with Crippen molar-refractivity contribution in [3.05, 3.63) is 28.0 Å². The van der Waals surface area contributed by atoms with Crippen molar-refractivity contribution in [3.8, 4) is 5.75 Å². The van der Waals surface area contributed by atoms with Crippen molar-refractivity contribution >= 4 is 11.6 Å². The standard InChI is InChI=1S/C15H21ClFNO/c1-10-8-11(17)13(16)12(14(10)19-2)15(9-18)6-4-3-5-7-15/h8H,3-7,9,18H2,1-2H3. The number of hydrogen-bond acceptors (Lipinski definition) is 2. The summed E-state index contributed by atoms with van der Waals surface area (Å²) in [6.07, 6.45) is 5.30. The van der Waals surface area contributed by atoms with E-state index < -0.39 is 0 Å². The number of methoxy groups -OCH3 is 1. The average molecular weight is 286 g/mol. The molecule has 0 heterocycles. The van der Waals surface area contributed by atoms with E-state index in [4.69, 9.17) is 22.1 Å². The van der Waals surface area contributed by atoms with Crippen LogP contribution in [-0.4, -0.2) is 13.7 Å². The number of hydrogen-bond donors (Lipinski definition) is 1. The first-order valence-corrected chi connectivity index (χ1v) is 7.16. The van der Waals surface area contributed by atoms with Crippen LogP contribution in [0.5, 0.6) is 5.75 Å². The molecule has 1 aliphatic carbocycles. The number of rotatable bonds is 3. The number of halogens is 2. The molecule has 0 amide bonds.